The van der Waals surface area contributed by atoms with E-state index in [4.69, 9.17) is 5.11 Å². The molecule has 0 radical (unpaired) electrons. The summed E-state index contributed by atoms with van der Waals surface area (Å²) >= 11 is 0. The highest BCUT2D eigenvalue weighted by Crippen LogP contribution is 1.86. The van der Waals surface area contributed by atoms with Crippen LogP contribution in [-0.2, 0) is 19.1 Å². The highest BCUT2D eigenvalue weighted by Gasteiger charge is 1.98. The fourth-order valence-electron chi connectivity index (χ4n) is 0.360. The Hall–Kier alpha value is -1.39. The quantitative estimate of drug-likeness (QED) is 0.420. The summed E-state index contributed by atoms with van der Waals surface area (Å²) < 4.78 is 4.64. The van der Waals surface area contributed by atoms with Crippen molar-refractivity contribution in [1.82, 2.24) is 0 Å². The zero-order chi connectivity index (χ0) is 11.6. The number of hydrogen-bond acceptors (Lipinski definition) is 4. The van der Waals surface area contributed by atoms with Crippen LogP contribution in [0.1, 0.15) is 33.6 Å². The van der Waals surface area contributed by atoms with E-state index >= 15 is 0 Å². The molecule has 0 aromatic carbocycles. The van der Waals surface area contributed by atoms with E-state index in [9.17, 15) is 14.4 Å². The fraction of sp³-hybridized carbons (Fsp3) is 0.667. The van der Waals surface area contributed by atoms with Gasteiger partial charge in [-0.15, -0.1) is 0 Å². The molecular weight excluding hydrogens is 188 g/mol. The summed E-state index contributed by atoms with van der Waals surface area (Å²) in [4.78, 5) is 29.0. The van der Waals surface area contributed by atoms with Crippen molar-refractivity contribution >= 4 is 17.7 Å². The van der Waals surface area contributed by atoms with Crippen LogP contribution in [0, 0.1) is 0 Å². The number of Topliss-reactive ketones (excluding diaryl/α,β-unsaturated/α-hetero) is 1. The van der Waals surface area contributed by atoms with Crippen molar-refractivity contribution in [3.8, 4) is 0 Å². The number of carbonyl (C=O) groups is 3. The first-order valence-corrected chi connectivity index (χ1v) is 4.29. The lowest BCUT2D eigenvalue weighted by atomic mass is 10.4. The van der Waals surface area contributed by atoms with E-state index in [0.717, 1.165) is 19.8 Å². The van der Waals surface area contributed by atoms with Gasteiger partial charge in [0.05, 0.1) is 6.61 Å². The normalized spacial score (nSPS) is 8.21. The number of aliphatic carboxylic acids is 1. The maximum Gasteiger partial charge on any atom is 0.371 e. The van der Waals surface area contributed by atoms with Crippen LogP contribution >= 0.6 is 0 Å². The second-order valence-electron chi connectivity index (χ2n) is 2.55. The fourth-order valence-corrected chi connectivity index (χ4v) is 0.360. The standard InChI is InChI=1S/C6H12O2.C3H4O3/c1-3-4-5-8-6(2)7;1-2(4)3(5)6/h3-5H2,1-2H3;1H3,(H,5,6). The number of ketones is 1. The van der Waals surface area contributed by atoms with Gasteiger partial charge in [0.15, 0.2) is 0 Å². The molecule has 0 unspecified atom stereocenters. The molecule has 0 aliphatic heterocycles. The van der Waals surface area contributed by atoms with Crippen LogP contribution in [0.2, 0.25) is 0 Å². The lowest BCUT2D eigenvalue weighted by Gasteiger charge is -1.96. The molecular formula is C9H16O5. The van der Waals surface area contributed by atoms with Crippen LogP contribution in [-0.4, -0.2) is 29.4 Å². The molecule has 0 amide bonds. The Kier molecular flexibility index (Phi) is 10.5. The van der Waals surface area contributed by atoms with Gasteiger partial charge in [0.2, 0.25) is 5.78 Å². The van der Waals surface area contributed by atoms with E-state index < -0.39 is 11.8 Å². The molecule has 0 aliphatic carbocycles. The van der Waals surface area contributed by atoms with E-state index in [1.807, 2.05) is 0 Å². The molecule has 0 aromatic heterocycles. The number of carboxylic acids is 1. The molecule has 0 rings (SSSR count). The number of unbranched alkanes of at least 4 members (excludes halogenated alkanes) is 1. The van der Waals surface area contributed by atoms with Gasteiger partial charge in [0.1, 0.15) is 0 Å². The first kappa shape index (κ1) is 15.1. The van der Waals surface area contributed by atoms with E-state index in [2.05, 4.69) is 11.7 Å². The molecule has 0 aliphatic rings. The Morgan fingerprint density at radius 3 is 1.86 bits per heavy atom. The Labute approximate surface area is 83.1 Å². The Morgan fingerprint density at radius 2 is 1.64 bits per heavy atom. The van der Waals surface area contributed by atoms with Crippen molar-refractivity contribution in [3.05, 3.63) is 0 Å². The molecule has 1 N–H and O–H groups in total. The smallest absolute Gasteiger partial charge is 0.371 e. The van der Waals surface area contributed by atoms with Crippen molar-refractivity contribution in [2.24, 2.45) is 0 Å². The lowest BCUT2D eigenvalue weighted by molar-refractivity contribution is -0.148. The van der Waals surface area contributed by atoms with Crippen LogP contribution in [0.4, 0.5) is 0 Å². The minimum absolute atomic E-state index is 0.182. The molecule has 5 heteroatoms. The van der Waals surface area contributed by atoms with E-state index in [0.29, 0.717) is 6.61 Å². The highest BCUT2D eigenvalue weighted by atomic mass is 16.5. The number of ether oxygens (including phenoxy) is 1. The first-order valence-electron chi connectivity index (χ1n) is 4.29. The third kappa shape index (κ3) is 16.9. The van der Waals surface area contributed by atoms with Gasteiger partial charge in [-0.2, -0.15) is 0 Å². The van der Waals surface area contributed by atoms with Gasteiger partial charge in [-0.25, -0.2) is 4.79 Å². The predicted molar refractivity (Wildman–Crippen MR) is 49.9 cm³/mol. The lowest BCUT2D eigenvalue weighted by Crippen LogP contribution is -2.05. The monoisotopic (exact) mass is 204 g/mol. The number of rotatable bonds is 4. The third-order valence-corrected chi connectivity index (χ3v) is 1.10. The molecule has 0 atom stereocenters. The summed E-state index contributed by atoms with van der Waals surface area (Å²) in [6.07, 6.45) is 2.05. The Morgan fingerprint density at radius 1 is 1.21 bits per heavy atom. The summed E-state index contributed by atoms with van der Waals surface area (Å²) in [5, 5.41) is 7.64. The SMILES string of the molecule is CC(=O)C(=O)O.CCCCOC(C)=O. The topological polar surface area (TPSA) is 80.7 Å². The summed E-state index contributed by atoms with van der Waals surface area (Å²) in [6.45, 7) is 5.06. The van der Waals surface area contributed by atoms with E-state index in [1.165, 1.54) is 6.92 Å². The number of carboxylic acid groups (broad SMARTS) is 1. The molecule has 82 valence electrons. The van der Waals surface area contributed by atoms with Gasteiger partial charge < -0.3 is 9.84 Å². The minimum Gasteiger partial charge on any atom is -0.476 e. The van der Waals surface area contributed by atoms with Crippen molar-refractivity contribution in [2.75, 3.05) is 6.61 Å². The molecule has 0 heterocycles. The molecule has 0 aromatic rings. The maximum absolute atomic E-state index is 10.1. The minimum atomic E-state index is -1.38. The largest absolute Gasteiger partial charge is 0.476 e. The summed E-state index contributed by atoms with van der Waals surface area (Å²) in [5.74, 6) is -2.39. The van der Waals surface area contributed by atoms with Gasteiger partial charge in [-0.3, -0.25) is 9.59 Å². The summed E-state index contributed by atoms with van der Waals surface area (Å²) in [5.41, 5.74) is 0. The zero-order valence-corrected chi connectivity index (χ0v) is 8.70. The van der Waals surface area contributed by atoms with Crippen molar-refractivity contribution < 1.29 is 24.2 Å². The van der Waals surface area contributed by atoms with Crippen molar-refractivity contribution in [2.45, 2.75) is 33.6 Å². The molecule has 14 heavy (non-hydrogen) atoms. The van der Waals surface area contributed by atoms with Crippen molar-refractivity contribution in [1.29, 1.82) is 0 Å². The Bertz CT molecular complexity index is 185. The van der Waals surface area contributed by atoms with Gasteiger partial charge in [-0.1, -0.05) is 13.3 Å². The number of hydrogen-bond donors (Lipinski definition) is 1. The van der Waals surface area contributed by atoms with Crippen molar-refractivity contribution in [3.63, 3.8) is 0 Å². The summed E-state index contributed by atoms with van der Waals surface area (Å²) in [7, 11) is 0. The third-order valence-electron chi connectivity index (χ3n) is 1.10. The molecule has 0 saturated heterocycles. The molecule has 0 spiro atoms. The maximum atomic E-state index is 10.1. The molecule has 0 fully saturated rings. The number of carbonyl (C=O) groups excluding carboxylic acids is 2. The zero-order valence-electron chi connectivity index (χ0n) is 8.70. The van der Waals surface area contributed by atoms with Gasteiger partial charge in [0.25, 0.3) is 0 Å². The molecule has 0 saturated carbocycles. The van der Waals surface area contributed by atoms with Crippen LogP contribution in [0.5, 0.6) is 0 Å². The summed E-state index contributed by atoms with van der Waals surface area (Å²) in [6, 6.07) is 0. The predicted octanol–water partition coefficient (Wildman–Crippen LogP) is 1.01. The molecule has 0 bridgehead atoms. The van der Waals surface area contributed by atoms with Gasteiger partial charge in [0, 0.05) is 13.8 Å². The van der Waals surface area contributed by atoms with Crippen LogP contribution in [0.25, 0.3) is 0 Å². The van der Waals surface area contributed by atoms with Crippen LogP contribution in [0.3, 0.4) is 0 Å². The first-order chi connectivity index (χ1) is 6.41. The van der Waals surface area contributed by atoms with Crippen LogP contribution < -0.4 is 0 Å². The van der Waals surface area contributed by atoms with Crippen LogP contribution in [0.15, 0.2) is 0 Å². The Balaban J connectivity index is 0. The van der Waals surface area contributed by atoms with E-state index in [1.54, 1.807) is 0 Å². The highest BCUT2D eigenvalue weighted by molar-refractivity contribution is 6.31. The van der Waals surface area contributed by atoms with Gasteiger partial charge in [-0.05, 0) is 6.42 Å². The second-order valence-corrected chi connectivity index (χ2v) is 2.55. The second kappa shape index (κ2) is 9.70. The number of esters is 1. The molecule has 5 nitrogen and oxygen atoms in total. The van der Waals surface area contributed by atoms with Gasteiger partial charge >= 0.3 is 11.9 Å². The average molecular weight is 204 g/mol. The average Bonchev–Trinajstić information content (AvgIpc) is 2.05. The van der Waals surface area contributed by atoms with E-state index in [-0.39, 0.29) is 5.97 Å².